The summed E-state index contributed by atoms with van der Waals surface area (Å²) >= 11 is 0. The zero-order valence-corrected chi connectivity index (χ0v) is 17.3. The summed E-state index contributed by atoms with van der Waals surface area (Å²) in [5.74, 6) is -1.73. The van der Waals surface area contributed by atoms with Gasteiger partial charge in [0, 0.05) is 17.8 Å². The maximum absolute atomic E-state index is 12.9. The molecule has 9 heteroatoms. The van der Waals surface area contributed by atoms with Crippen molar-refractivity contribution in [1.82, 2.24) is 16.0 Å². The van der Waals surface area contributed by atoms with E-state index in [2.05, 4.69) is 26.6 Å². The molecule has 3 amide bonds. The lowest BCUT2D eigenvalue weighted by Crippen LogP contribution is -2.72. The van der Waals surface area contributed by atoms with Crippen LogP contribution in [0.25, 0.3) is 0 Å². The van der Waals surface area contributed by atoms with Crippen molar-refractivity contribution >= 4 is 29.1 Å². The number of aryl methyl sites for hydroxylation is 1. The first kappa shape index (κ1) is 20.7. The highest BCUT2D eigenvalue weighted by atomic mass is 16.5. The smallest absolute Gasteiger partial charge is 0.229 e. The van der Waals surface area contributed by atoms with Crippen LogP contribution < -0.4 is 31.3 Å². The van der Waals surface area contributed by atoms with Gasteiger partial charge in [-0.2, -0.15) is 0 Å². The number of rotatable bonds is 5. The van der Waals surface area contributed by atoms with Gasteiger partial charge in [0.25, 0.3) is 0 Å². The molecule has 0 saturated carbocycles. The lowest BCUT2D eigenvalue weighted by molar-refractivity contribution is -0.144. The lowest BCUT2D eigenvalue weighted by atomic mass is 9.81. The Morgan fingerprint density at radius 3 is 2.55 bits per heavy atom. The Morgan fingerprint density at radius 1 is 1.06 bits per heavy atom. The molecule has 2 aliphatic heterocycles. The Bertz CT molecular complexity index is 994. The number of hydrogen-bond acceptors (Lipinski definition) is 6. The predicted molar refractivity (Wildman–Crippen MR) is 115 cm³/mol. The molecule has 0 spiro atoms. The Morgan fingerprint density at radius 2 is 1.84 bits per heavy atom. The van der Waals surface area contributed by atoms with E-state index < -0.39 is 24.3 Å². The van der Waals surface area contributed by atoms with Gasteiger partial charge < -0.3 is 26.0 Å². The van der Waals surface area contributed by atoms with Gasteiger partial charge in [0.1, 0.15) is 5.75 Å². The summed E-state index contributed by atoms with van der Waals surface area (Å²) in [6, 6.07) is 14.6. The molecular formula is C22H25N5O4. The van der Waals surface area contributed by atoms with E-state index in [1.807, 2.05) is 37.3 Å². The summed E-state index contributed by atoms with van der Waals surface area (Å²) < 4.78 is 5.14. The van der Waals surface area contributed by atoms with Crippen molar-refractivity contribution in [3.05, 3.63) is 54.1 Å². The summed E-state index contributed by atoms with van der Waals surface area (Å²) in [5, 5.41) is 14.8. The number of fused-ring (bicyclic) bond motifs is 1. The van der Waals surface area contributed by atoms with Crippen molar-refractivity contribution in [1.29, 1.82) is 0 Å². The minimum absolute atomic E-state index is 0.0511. The summed E-state index contributed by atoms with van der Waals surface area (Å²) in [4.78, 5) is 38.1. The molecule has 31 heavy (non-hydrogen) atoms. The van der Waals surface area contributed by atoms with Crippen molar-refractivity contribution in [2.45, 2.75) is 25.8 Å². The number of methoxy groups -OCH3 is 1. The Hall–Kier alpha value is -3.59. The SMILES string of the molecule is COc1ccc(NC2NC(=O)C3C(NC(=O)CC3C(=O)Nc3cccc(C)c3)N2)cc1. The third kappa shape index (κ3) is 4.61. The number of carbonyl (C=O) groups excluding carboxylic acids is 3. The quantitative estimate of drug-likeness (QED) is 0.492. The largest absolute Gasteiger partial charge is 0.497 e. The van der Waals surface area contributed by atoms with E-state index in [1.54, 1.807) is 25.3 Å². The molecule has 4 atom stereocenters. The molecule has 5 N–H and O–H groups in total. The molecular weight excluding hydrogens is 398 g/mol. The number of piperidine rings is 1. The third-order valence-electron chi connectivity index (χ3n) is 5.47. The second kappa shape index (κ2) is 8.65. The summed E-state index contributed by atoms with van der Waals surface area (Å²) in [6.45, 7) is 1.92. The predicted octanol–water partition coefficient (Wildman–Crippen LogP) is 1.14. The van der Waals surface area contributed by atoms with E-state index >= 15 is 0 Å². The molecule has 2 saturated heterocycles. The molecule has 2 fully saturated rings. The first-order valence-corrected chi connectivity index (χ1v) is 10.1. The van der Waals surface area contributed by atoms with Gasteiger partial charge in [-0.1, -0.05) is 12.1 Å². The van der Waals surface area contributed by atoms with Crippen molar-refractivity contribution in [2.75, 3.05) is 17.7 Å². The van der Waals surface area contributed by atoms with Crippen LogP contribution in [0.3, 0.4) is 0 Å². The molecule has 2 aromatic rings. The van der Waals surface area contributed by atoms with Gasteiger partial charge in [0.2, 0.25) is 17.7 Å². The molecule has 0 aliphatic carbocycles. The highest BCUT2D eigenvalue weighted by molar-refractivity contribution is 6.00. The van der Waals surface area contributed by atoms with Crippen LogP contribution in [-0.4, -0.2) is 37.3 Å². The normalized spacial score (nSPS) is 25.0. The average Bonchev–Trinajstić information content (AvgIpc) is 2.73. The van der Waals surface area contributed by atoms with Gasteiger partial charge in [0.15, 0.2) is 6.29 Å². The van der Waals surface area contributed by atoms with Gasteiger partial charge in [0.05, 0.1) is 25.1 Å². The maximum Gasteiger partial charge on any atom is 0.229 e. The Kier molecular flexibility index (Phi) is 5.77. The van der Waals surface area contributed by atoms with E-state index in [9.17, 15) is 14.4 Å². The fraction of sp³-hybridized carbons (Fsp3) is 0.318. The number of amides is 3. The second-order valence-corrected chi connectivity index (χ2v) is 7.72. The molecule has 4 unspecified atom stereocenters. The Balaban J connectivity index is 1.46. The van der Waals surface area contributed by atoms with Crippen molar-refractivity contribution < 1.29 is 19.1 Å². The standard InChI is InChI=1S/C22H25N5O4/c1-12-4-3-5-14(10-12)23-20(29)16-11-17(28)25-19-18(16)21(30)27-22(26-19)24-13-6-8-15(31-2)9-7-13/h3-10,16,18-19,22,24,26H,11H2,1-2H3,(H,23,29)(H,25,28)(H,27,30). The molecule has 162 valence electrons. The number of benzene rings is 2. The lowest BCUT2D eigenvalue weighted by Gasteiger charge is -2.43. The van der Waals surface area contributed by atoms with E-state index in [-0.39, 0.29) is 24.1 Å². The second-order valence-electron chi connectivity index (χ2n) is 7.72. The molecule has 9 nitrogen and oxygen atoms in total. The first-order valence-electron chi connectivity index (χ1n) is 10.1. The van der Waals surface area contributed by atoms with E-state index in [4.69, 9.17) is 4.74 Å². The van der Waals surface area contributed by atoms with Gasteiger partial charge in [-0.25, -0.2) is 0 Å². The summed E-state index contributed by atoms with van der Waals surface area (Å²) in [6.07, 6.45) is -1.33. The van der Waals surface area contributed by atoms with Gasteiger partial charge in [-0.3, -0.25) is 19.7 Å². The van der Waals surface area contributed by atoms with Gasteiger partial charge in [-0.15, -0.1) is 0 Å². The van der Waals surface area contributed by atoms with Crippen molar-refractivity contribution in [3.63, 3.8) is 0 Å². The van der Waals surface area contributed by atoms with E-state index in [1.165, 1.54) is 0 Å². The molecule has 0 radical (unpaired) electrons. The van der Waals surface area contributed by atoms with Crippen molar-refractivity contribution in [3.8, 4) is 5.75 Å². The van der Waals surface area contributed by atoms with Crippen LogP contribution in [0.15, 0.2) is 48.5 Å². The highest BCUT2D eigenvalue weighted by Gasteiger charge is 2.48. The number of ether oxygens (including phenoxy) is 1. The number of nitrogens with one attached hydrogen (secondary N) is 5. The molecule has 0 bridgehead atoms. The van der Waals surface area contributed by atoms with Crippen LogP contribution in [0.5, 0.6) is 5.75 Å². The van der Waals surface area contributed by atoms with Gasteiger partial charge in [-0.05, 0) is 48.9 Å². The van der Waals surface area contributed by atoms with Crippen LogP contribution in [0.2, 0.25) is 0 Å². The minimum Gasteiger partial charge on any atom is -0.497 e. The molecule has 0 aromatic heterocycles. The highest BCUT2D eigenvalue weighted by Crippen LogP contribution is 2.28. The third-order valence-corrected chi connectivity index (χ3v) is 5.47. The van der Waals surface area contributed by atoms with Crippen LogP contribution in [0.4, 0.5) is 11.4 Å². The van der Waals surface area contributed by atoms with Crippen LogP contribution in [-0.2, 0) is 14.4 Å². The molecule has 2 heterocycles. The van der Waals surface area contributed by atoms with Crippen LogP contribution in [0, 0.1) is 18.8 Å². The fourth-order valence-electron chi connectivity index (χ4n) is 3.97. The maximum atomic E-state index is 12.9. The topological polar surface area (TPSA) is 121 Å². The van der Waals surface area contributed by atoms with Crippen LogP contribution in [0.1, 0.15) is 12.0 Å². The summed E-state index contributed by atoms with van der Waals surface area (Å²) in [5.41, 5.74) is 2.39. The Labute approximate surface area is 179 Å². The zero-order chi connectivity index (χ0) is 22.0. The van der Waals surface area contributed by atoms with E-state index in [0.717, 1.165) is 11.3 Å². The molecule has 2 aliphatic rings. The first-order chi connectivity index (χ1) is 14.9. The molecule has 2 aromatic carbocycles. The monoisotopic (exact) mass is 423 g/mol. The number of hydrogen-bond donors (Lipinski definition) is 5. The van der Waals surface area contributed by atoms with Gasteiger partial charge >= 0.3 is 0 Å². The molecule has 4 rings (SSSR count). The minimum atomic E-state index is -0.784. The number of carbonyl (C=O) groups is 3. The van der Waals surface area contributed by atoms with E-state index in [0.29, 0.717) is 11.4 Å². The average molecular weight is 423 g/mol. The fourth-order valence-corrected chi connectivity index (χ4v) is 3.97. The van der Waals surface area contributed by atoms with Crippen LogP contribution >= 0.6 is 0 Å². The summed E-state index contributed by atoms with van der Waals surface area (Å²) in [7, 11) is 1.59. The zero-order valence-electron chi connectivity index (χ0n) is 17.3. The van der Waals surface area contributed by atoms with Crippen molar-refractivity contribution in [2.24, 2.45) is 11.8 Å². The number of anilines is 2.